The van der Waals surface area contributed by atoms with Gasteiger partial charge in [0.15, 0.2) is 0 Å². The lowest BCUT2D eigenvalue weighted by atomic mass is 10.1. The monoisotopic (exact) mass is 201 g/mol. The molecular weight excluding hydrogens is 186 g/mol. The maximum Gasteiger partial charge on any atom is 0.0569 e. The van der Waals surface area contributed by atoms with E-state index >= 15 is 0 Å². The first kappa shape index (κ1) is 9.77. The van der Waals surface area contributed by atoms with Crippen molar-refractivity contribution >= 4 is 5.69 Å². The van der Waals surface area contributed by atoms with Gasteiger partial charge in [-0.1, -0.05) is 25.1 Å². The SMILES string of the molecule is CCCn1cc(-c2ccccc2N)cn1. The number of rotatable bonds is 3. The molecule has 0 saturated heterocycles. The highest BCUT2D eigenvalue weighted by atomic mass is 15.3. The van der Waals surface area contributed by atoms with Crippen molar-refractivity contribution < 1.29 is 0 Å². The summed E-state index contributed by atoms with van der Waals surface area (Å²) < 4.78 is 1.95. The van der Waals surface area contributed by atoms with Gasteiger partial charge in [0.2, 0.25) is 0 Å². The van der Waals surface area contributed by atoms with Gasteiger partial charge < -0.3 is 5.73 Å². The molecule has 0 saturated carbocycles. The normalized spacial score (nSPS) is 10.5. The second-order valence-corrected chi connectivity index (χ2v) is 3.58. The van der Waals surface area contributed by atoms with Gasteiger partial charge in [0.05, 0.1) is 6.20 Å². The van der Waals surface area contributed by atoms with Crippen molar-refractivity contribution in [3.05, 3.63) is 36.7 Å². The van der Waals surface area contributed by atoms with Crippen LogP contribution in [-0.4, -0.2) is 9.78 Å². The molecule has 1 heterocycles. The largest absolute Gasteiger partial charge is 0.398 e. The average molecular weight is 201 g/mol. The van der Waals surface area contributed by atoms with Gasteiger partial charge in [0.1, 0.15) is 0 Å². The molecule has 15 heavy (non-hydrogen) atoms. The van der Waals surface area contributed by atoms with Gasteiger partial charge in [0.25, 0.3) is 0 Å². The van der Waals surface area contributed by atoms with Crippen molar-refractivity contribution in [2.75, 3.05) is 5.73 Å². The second kappa shape index (κ2) is 4.17. The van der Waals surface area contributed by atoms with Crippen LogP contribution in [-0.2, 0) is 6.54 Å². The van der Waals surface area contributed by atoms with E-state index in [1.54, 1.807) is 0 Å². The summed E-state index contributed by atoms with van der Waals surface area (Å²) in [4.78, 5) is 0. The number of hydrogen-bond donors (Lipinski definition) is 1. The van der Waals surface area contributed by atoms with Gasteiger partial charge in [0, 0.05) is 29.6 Å². The van der Waals surface area contributed by atoms with Crippen LogP contribution >= 0.6 is 0 Å². The minimum atomic E-state index is 0.800. The molecule has 2 rings (SSSR count). The highest BCUT2D eigenvalue weighted by molar-refractivity contribution is 5.75. The van der Waals surface area contributed by atoms with Gasteiger partial charge >= 0.3 is 0 Å². The molecule has 0 radical (unpaired) electrons. The van der Waals surface area contributed by atoms with Gasteiger partial charge in [-0.05, 0) is 12.5 Å². The fraction of sp³-hybridized carbons (Fsp3) is 0.250. The molecular formula is C12H15N3. The van der Waals surface area contributed by atoms with E-state index in [1.165, 1.54) is 0 Å². The first-order valence-corrected chi connectivity index (χ1v) is 5.18. The number of aromatic nitrogens is 2. The molecule has 0 aliphatic heterocycles. The number of nitrogen functional groups attached to an aromatic ring is 1. The molecule has 1 aromatic carbocycles. The van der Waals surface area contributed by atoms with E-state index in [9.17, 15) is 0 Å². The molecule has 0 spiro atoms. The fourth-order valence-corrected chi connectivity index (χ4v) is 1.61. The molecule has 0 unspecified atom stereocenters. The molecule has 0 bridgehead atoms. The Hall–Kier alpha value is -1.77. The molecule has 78 valence electrons. The quantitative estimate of drug-likeness (QED) is 0.775. The van der Waals surface area contributed by atoms with Crippen LogP contribution < -0.4 is 5.73 Å². The number of benzene rings is 1. The summed E-state index contributed by atoms with van der Waals surface area (Å²) in [6.45, 7) is 3.09. The highest BCUT2D eigenvalue weighted by Gasteiger charge is 2.03. The fourth-order valence-electron chi connectivity index (χ4n) is 1.61. The number of aryl methyl sites for hydroxylation is 1. The first-order chi connectivity index (χ1) is 7.31. The number of anilines is 1. The number of hydrogen-bond acceptors (Lipinski definition) is 2. The topological polar surface area (TPSA) is 43.8 Å². The summed E-state index contributed by atoms with van der Waals surface area (Å²) in [7, 11) is 0. The summed E-state index contributed by atoms with van der Waals surface area (Å²) >= 11 is 0. The smallest absolute Gasteiger partial charge is 0.0569 e. The van der Waals surface area contributed by atoms with Gasteiger partial charge in [-0.2, -0.15) is 5.10 Å². The minimum absolute atomic E-state index is 0.800. The zero-order valence-corrected chi connectivity index (χ0v) is 8.85. The van der Waals surface area contributed by atoms with E-state index in [-0.39, 0.29) is 0 Å². The molecule has 2 aromatic rings. The van der Waals surface area contributed by atoms with Crippen molar-refractivity contribution in [3.8, 4) is 11.1 Å². The zero-order chi connectivity index (χ0) is 10.7. The molecule has 3 nitrogen and oxygen atoms in total. The Morgan fingerprint density at radius 1 is 1.33 bits per heavy atom. The van der Waals surface area contributed by atoms with Crippen molar-refractivity contribution in [2.24, 2.45) is 0 Å². The number of nitrogens with zero attached hydrogens (tertiary/aromatic N) is 2. The zero-order valence-electron chi connectivity index (χ0n) is 8.85. The molecule has 2 N–H and O–H groups in total. The van der Waals surface area contributed by atoms with Crippen LogP contribution in [0.15, 0.2) is 36.7 Å². The second-order valence-electron chi connectivity index (χ2n) is 3.58. The van der Waals surface area contributed by atoms with Crippen molar-refractivity contribution in [1.82, 2.24) is 9.78 Å². The molecule has 0 aliphatic carbocycles. The lowest BCUT2D eigenvalue weighted by Crippen LogP contribution is -1.95. The Kier molecular flexibility index (Phi) is 2.72. The molecule has 1 aromatic heterocycles. The van der Waals surface area contributed by atoms with Crippen LogP contribution in [0.5, 0.6) is 0 Å². The van der Waals surface area contributed by atoms with E-state index in [2.05, 4.69) is 12.0 Å². The van der Waals surface area contributed by atoms with E-state index in [0.717, 1.165) is 29.8 Å². The molecule has 0 aliphatic rings. The van der Waals surface area contributed by atoms with Crippen molar-refractivity contribution in [2.45, 2.75) is 19.9 Å². The number of nitrogens with two attached hydrogens (primary N) is 1. The molecule has 3 heteroatoms. The predicted molar refractivity (Wildman–Crippen MR) is 62.4 cm³/mol. The van der Waals surface area contributed by atoms with Crippen molar-refractivity contribution in [3.63, 3.8) is 0 Å². The van der Waals surface area contributed by atoms with E-state index in [0.29, 0.717) is 0 Å². The lowest BCUT2D eigenvalue weighted by Gasteiger charge is -2.01. The minimum Gasteiger partial charge on any atom is -0.398 e. The Bertz CT molecular complexity index is 446. The van der Waals surface area contributed by atoms with Crippen LogP contribution in [0.3, 0.4) is 0 Å². The Morgan fingerprint density at radius 2 is 2.13 bits per heavy atom. The molecule has 0 fully saturated rings. The van der Waals surface area contributed by atoms with Crippen LogP contribution in [0.2, 0.25) is 0 Å². The third kappa shape index (κ3) is 2.01. The molecule has 0 atom stereocenters. The predicted octanol–water partition coefficient (Wildman–Crippen LogP) is 2.54. The number of para-hydroxylation sites is 1. The summed E-state index contributed by atoms with van der Waals surface area (Å²) in [5, 5.41) is 4.28. The lowest BCUT2D eigenvalue weighted by molar-refractivity contribution is 0.603. The maximum atomic E-state index is 5.90. The summed E-state index contributed by atoms with van der Waals surface area (Å²) in [5.74, 6) is 0. The van der Waals surface area contributed by atoms with E-state index < -0.39 is 0 Å². The average Bonchev–Trinajstić information content (AvgIpc) is 2.68. The van der Waals surface area contributed by atoms with Crippen molar-refractivity contribution in [1.29, 1.82) is 0 Å². The highest BCUT2D eigenvalue weighted by Crippen LogP contribution is 2.24. The van der Waals surface area contributed by atoms with Gasteiger partial charge in [-0.3, -0.25) is 4.68 Å². The van der Waals surface area contributed by atoms with Crippen LogP contribution in [0.4, 0.5) is 5.69 Å². The third-order valence-electron chi connectivity index (χ3n) is 2.36. The van der Waals surface area contributed by atoms with E-state index in [4.69, 9.17) is 5.73 Å². The van der Waals surface area contributed by atoms with Gasteiger partial charge in [-0.25, -0.2) is 0 Å². The van der Waals surface area contributed by atoms with E-state index in [1.807, 2.05) is 41.3 Å². The summed E-state index contributed by atoms with van der Waals surface area (Å²) in [5.41, 5.74) is 8.84. The Balaban J connectivity index is 2.33. The first-order valence-electron chi connectivity index (χ1n) is 5.18. The van der Waals surface area contributed by atoms with Crippen LogP contribution in [0.25, 0.3) is 11.1 Å². The maximum absolute atomic E-state index is 5.90. The molecule has 0 amide bonds. The van der Waals surface area contributed by atoms with Crippen LogP contribution in [0, 0.1) is 0 Å². The Labute approximate surface area is 89.5 Å². The van der Waals surface area contributed by atoms with Gasteiger partial charge in [-0.15, -0.1) is 0 Å². The third-order valence-corrected chi connectivity index (χ3v) is 2.36. The summed E-state index contributed by atoms with van der Waals surface area (Å²) in [6, 6.07) is 7.85. The Morgan fingerprint density at radius 3 is 2.87 bits per heavy atom. The summed E-state index contributed by atoms with van der Waals surface area (Å²) in [6.07, 6.45) is 4.99. The van der Waals surface area contributed by atoms with Crippen LogP contribution in [0.1, 0.15) is 13.3 Å². The standard InChI is InChI=1S/C12H15N3/c1-2-7-15-9-10(8-14-15)11-5-3-4-6-12(11)13/h3-6,8-9H,2,7,13H2,1H3.